The minimum absolute atomic E-state index is 0.117. The van der Waals surface area contributed by atoms with Crippen molar-refractivity contribution in [2.24, 2.45) is 10.7 Å². The molecule has 0 aliphatic heterocycles. The third-order valence-corrected chi connectivity index (χ3v) is 4.47. The molecular formula is C21H18N2O2. The van der Waals surface area contributed by atoms with Gasteiger partial charge in [0.1, 0.15) is 5.75 Å². The Kier molecular flexibility index (Phi) is 3.94. The Morgan fingerprint density at radius 2 is 1.80 bits per heavy atom. The normalized spacial score (nSPS) is 12.8. The lowest BCUT2D eigenvalue weighted by Crippen LogP contribution is -2.19. The van der Waals surface area contributed by atoms with Gasteiger partial charge in [0.05, 0.1) is 5.69 Å². The largest absolute Gasteiger partial charge is 0.484 e. The maximum Gasteiger partial charge on any atom is 0.255 e. The number of amides is 1. The van der Waals surface area contributed by atoms with Crippen molar-refractivity contribution < 1.29 is 9.53 Å². The van der Waals surface area contributed by atoms with Gasteiger partial charge in [0.2, 0.25) is 0 Å². The molecule has 1 amide bonds. The summed E-state index contributed by atoms with van der Waals surface area (Å²) in [5.74, 6) is 0.124. The summed E-state index contributed by atoms with van der Waals surface area (Å²) in [6.45, 7) is -0.117. The fourth-order valence-electron chi connectivity index (χ4n) is 3.29. The highest BCUT2D eigenvalue weighted by atomic mass is 16.5. The van der Waals surface area contributed by atoms with E-state index in [1.54, 1.807) is 12.1 Å². The van der Waals surface area contributed by atoms with Gasteiger partial charge in [-0.3, -0.25) is 9.79 Å². The molecule has 0 heterocycles. The van der Waals surface area contributed by atoms with E-state index in [2.05, 4.69) is 35.3 Å². The second kappa shape index (κ2) is 6.40. The molecule has 0 atom stereocenters. The quantitative estimate of drug-likeness (QED) is 0.727. The number of benzene rings is 3. The Hall–Kier alpha value is -3.14. The molecule has 4 heteroatoms. The molecule has 124 valence electrons. The highest BCUT2D eigenvalue weighted by molar-refractivity contribution is 6.00. The Morgan fingerprint density at radius 1 is 1.04 bits per heavy atom. The van der Waals surface area contributed by atoms with Crippen LogP contribution in [0.5, 0.6) is 5.75 Å². The molecule has 4 nitrogen and oxygen atoms in total. The van der Waals surface area contributed by atoms with Gasteiger partial charge in [-0.2, -0.15) is 0 Å². The number of carbonyl (C=O) groups is 1. The number of nitrogens with zero attached hydrogens (tertiary/aromatic N) is 1. The predicted octanol–water partition coefficient (Wildman–Crippen LogP) is 3.55. The minimum atomic E-state index is -0.488. The van der Waals surface area contributed by atoms with Crippen molar-refractivity contribution in [1.29, 1.82) is 0 Å². The van der Waals surface area contributed by atoms with Crippen LogP contribution < -0.4 is 10.5 Å². The molecule has 0 radical (unpaired) electrons. The summed E-state index contributed by atoms with van der Waals surface area (Å²) in [4.78, 5) is 15.4. The molecular weight excluding hydrogens is 312 g/mol. The van der Waals surface area contributed by atoms with Crippen LogP contribution in [0.3, 0.4) is 0 Å². The van der Waals surface area contributed by atoms with Crippen LogP contribution in [0.15, 0.2) is 59.6 Å². The third kappa shape index (κ3) is 3.11. The summed E-state index contributed by atoms with van der Waals surface area (Å²) < 4.78 is 5.26. The lowest BCUT2D eigenvalue weighted by molar-refractivity contribution is -0.119. The van der Waals surface area contributed by atoms with Crippen LogP contribution >= 0.6 is 0 Å². The highest BCUT2D eigenvalue weighted by Crippen LogP contribution is 2.36. The standard InChI is InChI=1S/C21H18N2O2/c22-20(24)13-25-17-9-4-14(5-10-17)12-23-19-11-8-16-7-6-15-2-1-3-18(19)21(15)16/h1-5,8-12H,6-7,13H2,(H2,22,24). The molecule has 0 aromatic heterocycles. The first-order valence-corrected chi connectivity index (χ1v) is 8.29. The van der Waals surface area contributed by atoms with Crippen LogP contribution in [-0.2, 0) is 17.6 Å². The first kappa shape index (κ1) is 15.4. The van der Waals surface area contributed by atoms with Crippen LogP contribution in [0, 0.1) is 0 Å². The van der Waals surface area contributed by atoms with Crippen molar-refractivity contribution in [3.8, 4) is 5.75 Å². The van der Waals surface area contributed by atoms with E-state index in [-0.39, 0.29) is 6.61 Å². The summed E-state index contributed by atoms with van der Waals surface area (Å²) in [7, 11) is 0. The molecule has 0 saturated carbocycles. The molecule has 0 fully saturated rings. The number of hydrogen-bond acceptors (Lipinski definition) is 3. The van der Waals surface area contributed by atoms with Gasteiger partial charge in [0.15, 0.2) is 6.61 Å². The number of nitrogens with two attached hydrogens (primary N) is 1. The monoisotopic (exact) mass is 330 g/mol. The van der Waals surface area contributed by atoms with E-state index >= 15 is 0 Å². The number of ether oxygens (including phenoxy) is 1. The van der Waals surface area contributed by atoms with Crippen LogP contribution in [-0.4, -0.2) is 18.7 Å². The van der Waals surface area contributed by atoms with Gasteiger partial charge in [0.25, 0.3) is 5.91 Å². The Bertz CT molecular complexity index is 965. The fourth-order valence-corrected chi connectivity index (χ4v) is 3.29. The average Bonchev–Trinajstić information content (AvgIpc) is 3.05. The molecule has 3 aromatic carbocycles. The number of aliphatic imine (C=N–C) groups is 1. The van der Waals surface area contributed by atoms with Gasteiger partial charge in [0, 0.05) is 11.6 Å². The van der Waals surface area contributed by atoms with Crippen molar-refractivity contribution >= 4 is 28.6 Å². The summed E-state index contributed by atoms with van der Waals surface area (Å²) in [5.41, 5.74) is 9.85. The zero-order valence-corrected chi connectivity index (χ0v) is 13.7. The van der Waals surface area contributed by atoms with Crippen LogP contribution in [0.25, 0.3) is 10.8 Å². The van der Waals surface area contributed by atoms with Crippen LogP contribution in [0.1, 0.15) is 16.7 Å². The van der Waals surface area contributed by atoms with Gasteiger partial charge < -0.3 is 10.5 Å². The Balaban J connectivity index is 1.58. The third-order valence-electron chi connectivity index (χ3n) is 4.47. The topological polar surface area (TPSA) is 64.7 Å². The highest BCUT2D eigenvalue weighted by Gasteiger charge is 2.15. The van der Waals surface area contributed by atoms with E-state index in [0.717, 1.165) is 24.1 Å². The summed E-state index contributed by atoms with van der Waals surface area (Å²) >= 11 is 0. The lowest BCUT2D eigenvalue weighted by Gasteiger charge is -2.05. The van der Waals surface area contributed by atoms with Crippen molar-refractivity contribution in [2.75, 3.05) is 6.61 Å². The minimum Gasteiger partial charge on any atom is -0.484 e. The van der Waals surface area contributed by atoms with E-state index in [1.807, 2.05) is 18.3 Å². The van der Waals surface area contributed by atoms with Gasteiger partial charge in [-0.1, -0.05) is 24.3 Å². The molecule has 0 spiro atoms. The van der Waals surface area contributed by atoms with E-state index < -0.39 is 5.91 Å². The van der Waals surface area contributed by atoms with Crippen LogP contribution in [0.2, 0.25) is 0 Å². The van der Waals surface area contributed by atoms with Gasteiger partial charge in [-0.05, 0) is 65.3 Å². The van der Waals surface area contributed by atoms with E-state index in [0.29, 0.717) is 5.75 Å². The maximum absolute atomic E-state index is 10.7. The first-order chi connectivity index (χ1) is 12.2. The molecule has 1 aliphatic rings. The first-order valence-electron chi connectivity index (χ1n) is 8.29. The molecule has 25 heavy (non-hydrogen) atoms. The van der Waals surface area contributed by atoms with Crippen molar-refractivity contribution in [2.45, 2.75) is 12.8 Å². The van der Waals surface area contributed by atoms with Crippen molar-refractivity contribution in [1.82, 2.24) is 0 Å². The zero-order valence-electron chi connectivity index (χ0n) is 13.7. The summed E-state index contributed by atoms with van der Waals surface area (Å²) in [6, 6.07) is 18.1. The van der Waals surface area contributed by atoms with E-state index in [9.17, 15) is 4.79 Å². The number of carbonyl (C=O) groups excluding carboxylic acids is 1. The molecule has 0 bridgehead atoms. The molecule has 4 rings (SSSR count). The number of hydrogen-bond donors (Lipinski definition) is 1. The fraction of sp³-hybridized carbons (Fsp3) is 0.143. The van der Waals surface area contributed by atoms with Crippen molar-refractivity contribution in [3.63, 3.8) is 0 Å². The van der Waals surface area contributed by atoms with Crippen molar-refractivity contribution in [3.05, 3.63) is 71.3 Å². The molecule has 3 aromatic rings. The molecule has 0 saturated heterocycles. The average molecular weight is 330 g/mol. The maximum atomic E-state index is 10.7. The Labute approximate surface area is 145 Å². The summed E-state index contributed by atoms with van der Waals surface area (Å²) in [6.07, 6.45) is 4.08. The van der Waals surface area contributed by atoms with E-state index in [4.69, 9.17) is 10.5 Å². The second-order valence-corrected chi connectivity index (χ2v) is 6.17. The summed E-state index contributed by atoms with van der Waals surface area (Å²) in [5, 5.41) is 2.58. The zero-order chi connectivity index (χ0) is 17.2. The molecule has 1 aliphatic carbocycles. The van der Waals surface area contributed by atoms with Gasteiger partial charge in [-0.15, -0.1) is 0 Å². The van der Waals surface area contributed by atoms with Gasteiger partial charge in [-0.25, -0.2) is 0 Å². The number of aryl methyl sites for hydroxylation is 2. The Morgan fingerprint density at radius 3 is 2.56 bits per heavy atom. The molecule has 2 N–H and O–H groups in total. The smallest absolute Gasteiger partial charge is 0.255 e. The molecule has 0 unspecified atom stereocenters. The number of rotatable bonds is 5. The second-order valence-electron chi connectivity index (χ2n) is 6.17. The van der Waals surface area contributed by atoms with Crippen LogP contribution in [0.4, 0.5) is 5.69 Å². The predicted molar refractivity (Wildman–Crippen MR) is 99.7 cm³/mol. The van der Waals surface area contributed by atoms with Gasteiger partial charge >= 0.3 is 0 Å². The van der Waals surface area contributed by atoms with E-state index in [1.165, 1.54) is 21.9 Å². The SMILES string of the molecule is NC(=O)COc1ccc(C=Nc2ccc3c4c(cccc24)CC3)cc1. The lowest BCUT2D eigenvalue weighted by atomic mass is 10.0. The number of primary amides is 1.